The highest BCUT2D eigenvalue weighted by Crippen LogP contribution is 2.39. The molecule has 0 aromatic heterocycles. The molecule has 1 rings (SSSR count). The second-order valence-corrected chi connectivity index (χ2v) is 4.32. The molecule has 15 heavy (non-hydrogen) atoms. The summed E-state index contributed by atoms with van der Waals surface area (Å²) in [4.78, 5) is 24.9. The lowest BCUT2D eigenvalue weighted by molar-refractivity contribution is -0.143. The van der Waals surface area contributed by atoms with E-state index in [-0.39, 0.29) is 18.4 Å². The molecule has 0 aromatic carbocycles. The van der Waals surface area contributed by atoms with E-state index in [0.29, 0.717) is 19.3 Å². The van der Waals surface area contributed by atoms with Crippen LogP contribution < -0.4 is 0 Å². The normalized spacial score (nSPS) is 22.3. The predicted octanol–water partition coefficient (Wildman–Crippen LogP) is 0.932. The second-order valence-electron chi connectivity index (χ2n) is 4.32. The van der Waals surface area contributed by atoms with Crippen LogP contribution in [-0.4, -0.2) is 34.5 Å². The van der Waals surface area contributed by atoms with E-state index in [1.165, 1.54) is 4.90 Å². The molecule has 0 saturated carbocycles. The van der Waals surface area contributed by atoms with Gasteiger partial charge in [0, 0.05) is 6.42 Å². The van der Waals surface area contributed by atoms with E-state index < -0.39 is 11.5 Å². The van der Waals surface area contributed by atoms with Gasteiger partial charge in [0.25, 0.3) is 0 Å². The van der Waals surface area contributed by atoms with Crippen LogP contribution in [-0.2, 0) is 9.59 Å². The Labute approximate surface area is 90.3 Å². The van der Waals surface area contributed by atoms with Gasteiger partial charge in [0.05, 0.1) is 18.1 Å². The number of hydrogen-bond acceptors (Lipinski definition) is 3. The Bertz CT molecular complexity index is 269. The zero-order chi connectivity index (χ0) is 11.6. The number of aliphatic hydroxyl groups excluding tert-OH is 1. The summed E-state index contributed by atoms with van der Waals surface area (Å²) in [6.45, 7) is 5.57. The number of β-amino-alcohol motifs (C(OH)–C–C–N with tert-alkyl or cyclic N) is 1. The van der Waals surface area contributed by atoms with Crippen LogP contribution in [0.15, 0.2) is 0 Å². The van der Waals surface area contributed by atoms with Crippen molar-refractivity contribution in [3.05, 3.63) is 0 Å². The molecule has 0 radical (unpaired) electrons. The summed E-state index contributed by atoms with van der Waals surface area (Å²) in [7, 11) is 0. The molecule has 2 amide bonds. The first-order valence-electron chi connectivity index (χ1n) is 5.49. The highest BCUT2D eigenvalue weighted by atomic mass is 16.3. The Morgan fingerprint density at radius 3 is 2.27 bits per heavy atom. The van der Waals surface area contributed by atoms with E-state index >= 15 is 0 Å². The molecule has 0 spiro atoms. The number of rotatable bonds is 4. The van der Waals surface area contributed by atoms with Gasteiger partial charge in [0.2, 0.25) is 11.8 Å². The highest BCUT2D eigenvalue weighted by molar-refractivity contribution is 6.05. The molecule has 1 heterocycles. The van der Waals surface area contributed by atoms with Crippen molar-refractivity contribution >= 4 is 11.8 Å². The lowest BCUT2D eigenvalue weighted by Gasteiger charge is -2.24. The van der Waals surface area contributed by atoms with Gasteiger partial charge in [-0.05, 0) is 19.8 Å². The zero-order valence-corrected chi connectivity index (χ0v) is 9.62. The van der Waals surface area contributed by atoms with Gasteiger partial charge in [-0.3, -0.25) is 14.5 Å². The SMILES string of the molecule is CCC1(CC)CC(=O)N(CC(C)O)C1=O. The van der Waals surface area contributed by atoms with Gasteiger partial charge in [-0.1, -0.05) is 13.8 Å². The van der Waals surface area contributed by atoms with Crippen molar-refractivity contribution in [1.82, 2.24) is 4.90 Å². The van der Waals surface area contributed by atoms with Crippen LogP contribution >= 0.6 is 0 Å². The summed E-state index contributed by atoms with van der Waals surface area (Å²) in [6, 6.07) is 0. The van der Waals surface area contributed by atoms with Crippen molar-refractivity contribution < 1.29 is 14.7 Å². The number of carbonyl (C=O) groups excluding carboxylic acids is 2. The summed E-state index contributed by atoms with van der Waals surface area (Å²) < 4.78 is 0. The molecule has 86 valence electrons. The summed E-state index contributed by atoms with van der Waals surface area (Å²) in [5.41, 5.74) is -0.508. The Balaban J connectivity index is 2.87. The summed E-state index contributed by atoms with van der Waals surface area (Å²) in [5, 5.41) is 9.22. The van der Waals surface area contributed by atoms with Gasteiger partial charge in [-0.25, -0.2) is 0 Å². The molecular weight excluding hydrogens is 194 g/mol. The number of nitrogens with zero attached hydrogens (tertiary/aromatic N) is 1. The highest BCUT2D eigenvalue weighted by Gasteiger charge is 2.48. The fraction of sp³-hybridized carbons (Fsp3) is 0.818. The molecular formula is C11H19NO3. The van der Waals surface area contributed by atoms with E-state index in [9.17, 15) is 14.7 Å². The third-order valence-electron chi connectivity index (χ3n) is 3.29. The van der Waals surface area contributed by atoms with E-state index in [0.717, 1.165) is 0 Å². The van der Waals surface area contributed by atoms with Crippen molar-refractivity contribution in [3.63, 3.8) is 0 Å². The maximum atomic E-state index is 12.0. The first kappa shape index (κ1) is 12.2. The third-order valence-corrected chi connectivity index (χ3v) is 3.29. The van der Waals surface area contributed by atoms with E-state index in [2.05, 4.69) is 0 Å². The molecule has 4 heteroatoms. The number of aliphatic hydroxyl groups is 1. The molecule has 1 fully saturated rings. The molecule has 4 nitrogen and oxygen atoms in total. The molecule has 1 atom stereocenters. The van der Waals surface area contributed by atoms with Gasteiger partial charge < -0.3 is 5.11 Å². The van der Waals surface area contributed by atoms with Crippen LogP contribution in [0, 0.1) is 5.41 Å². The summed E-state index contributed by atoms with van der Waals surface area (Å²) in [5.74, 6) is -0.261. The van der Waals surface area contributed by atoms with Crippen LogP contribution in [0.25, 0.3) is 0 Å². The van der Waals surface area contributed by atoms with Crippen LogP contribution in [0.2, 0.25) is 0 Å². The summed E-state index contributed by atoms with van der Waals surface area (Å²) in [6.07, 6.45) is 1.02. The van der Waals surface area contributed by atoms with Crippen LogP contribution in [0.4, 0.5) is 0 Å². The predicted molar refractivity (Wildman–Crippen MR) is 56.0 cm³/mol. The minimum atomic E-state index is -0.651. The summed E-state index contributed by atoms with van der Waals surface area (Å²) >= 11 is 0. The van der Waals surface area contributed by atoms with E-state index in [1.54, 1.807) is 6.92 Å². The maximum Gasteiger partial charge on any atom is 0.235 e. The molecule has 1 aliphatic rings. The van der Waals surface area contributed by atoms with Gasteiger partial charge in [-0.15, -0.1) is 0 Å². The van der Waals surface area contributed by atoms with Gasteiger partial charge in [-0.2, -0.15) is 0 Å². The number of amides is 2. The third kappa shape index (κ3) is 2.04. The van der Waals surface area contributed by atoms with Crippen molar-refractivity contribution in [2.24, 2.45) is 5.41 Å². The topological polar surface area (TPSA) is 57.6 Å². The fourth-order valence-electron chi connectivity index (χ4n) is 2.11. The van der Waals surface area contributed by atoms with Crippen molar-refractivity contribution in [3.8, 4) is 0 Å². The van der Waals surface area contributed by atoms with Gasteiger partial charge >= 0.3 is 0 Å². The number of imide groups is 1. The molecule has 1 N–H and O–H groups in total. The Morgan fingerprint density at radius 1 is 1.40 bits per heavy atom. The average molecular weight is 213 g/mol. The molecule has 0 aromatic rings. The molecule has 0 bridgehead atoms. The van der Waals surface area contributed by atoms with Gasteiger partial charge in [0.1, 0.15) is 0 Å². The molecule has 1 saturated heterocycles. The Morgan fingerprint density at radius 2 is 1.93 bits per heavy atom. The van der Waals surface area contributed by atoms with Crippen LogP contribution in [0.1, 0.15) is 40.0 Å². The molecule has 1 aliphatic heterocycles. The molecule has 1 unspecified atom stereocenters. The smallest absolute Gasteiger partial charge is 0.235 e. The largest absolute Gasteiger partial charge is 0.392 e. The minimum absolute atomic E-state index is 0.113. The van der Waals surface area contributed by atoms with Crippen LogP contribution in [0.5, 0.6) is 0 Å². The average Bonchev–Trinajstić information content (AvgIpc) is 2.42. The van der Waals surface area contributed by atoms with Crippen molar-refractivity contribution in [2.45, 2.75) is 46.1 Å². The lowest BCUT2D eigenvalue weighted by Crippen LogP contribution is -2.39. The second kappa shape index (κ2) is 4.31. The number of carbonyl (C=O) groups is 2. The van der Waals surface area contributed by atoms with E-state index in [4.69, 9.17) is 0 Å². The quantitative estimate of drug-likeness (QED) is 0.707. The number of hydrogen-bond donors (Lipinski definition) is 1. The zero-order valence-electron chi connectivity index (χ0n) is 9.62. The first-order chi connectivity index (χ1) is 6.96. The minimum Gasteiger partial charge on any atom is -0.392 e. The first-order valence-corrected chi connectivity index (χ1v) is 5.49. The standard InChI is InChI=1S/C11H19NO3/c1-4-11(5-2)6-9(14)12(10(11)15)7-8(3)13/h8,13H,4-7H2,1-3H3. The van der Waals surface area contributed by atoms with E-state index in [1.807, 2.05) is 13.8 Å². The Kier molecular flexibility index (Phi) is 3.50. The maximum absolute atomic E-state index is 12.0. The molecule has 0 aliphatic carbocycles. The lowest BCUT2D eigenvalue weighted by atomic mass is 9.81. The fourth-order valence-corrected chi connectivity index (χ4v) is 2.11. The van der Waals surface area contributed by atoms with Crippen molar-refractivity contribution in [2.75, 3.05) is 6.54 Å². The van der Waals surface area contributed by atoms with Gasteiger partial charge in [0.15, 0.2) is 0 Å². The van der Waals surface area contributed by atoms with Crippen LogP contribution in [0.3, 0.4) is 0 Å². The Hall–Kier alpha value is -0.900. The van der Waals surface area contributed by atoms with Crippen molar-refractivity contribution in [1.29, 1.82) is 0 Å². The monoisotopic (exact) mass is 213 g/mol. The number of likely N-dealkylation sites (tertiary alicyclic amines) is 1.